The number of methoxy groups -OCH3 is 2. The van der Waals surface area contributed by atoms with Gasteiger partial charge in [-0.2, -0.15) is 0 Å². The van der Waals surface area contributed by atoms with E-state index in [1.807, 2.05) is 19.0 Å². The van der Waals surface area contributed by atoms with Crippen LogP contribution in [0.4, 0.5) is 0 Å². The van der Waals surface area contributed by atoms with Gasteiger partial charge in [-0.25, -0.2) is 0 Å². The van der Waals surface area contributed by atoms with E-state index in [1.165, 1.54) is 27.4 Å². The number of nitrogens with zero attached hydrogens (tertiary/aromatic N) is 1. The lowest BCUT2D eigenvalue weighted by molar-refractivity contribution is 0.100. The average Bonchev–Trinajstić information content (AvgIpc) is 2.93. The van der Waals surface area contributed by atoms with Crippen molar-refractivity contribution in [1.29, 1.82) is 0 Å². The normalized spacial score (nSPS) is 11.0. The summed E-state index contributed by atoms with van der Waals surface area (Å²) in [7, 11) is 6.93. The molecule has 0 spiro atoms. The molecule has 120 valence electrons. The molecule has 0 saturated carbocycles. The molecule has 0 aliphatic rings. The van der Waals surface area contributed by atoms with E-state index < -0.39 is 0 Å². The quantitative estimate of drug-likeness (QED) is 0.733. The average molecular weight is 307 g/mol. The maximum Gasteiger partial charge on any atom is 0.205 e. The molecule has 0 bridgehead atoms. The highest BCUT2D eigenvalue weighted by atomic mass is 16.5. The summed E-state index contributed by atoms with van der Waals surface area (Å²) in [6.45, 7) is 2.60. The Morgan fingerprint density at radius 1 is 1.18 bits per heavy atom. The summed E-state index contributed by atoms with van der Waals surface area (Å²) in [6, 6.07) is 1.74. The number of ether oxygens (including phenoxy) is 3. The Balaban J connectivity index is 2.63. The zero-order chi connectivity index (χ0) is 16.3. The van der Waals surface area contributed by atoms with E-state index in [2.05, 4.69) is 0 Å². The SMILES string of the molecule is COc1c(C(C)=O)c(OCCN(C)C)c(OC)c2occc12. The summed E-state index contributed by atoms with van der Waals surface area (Å²) < 4.78 is 22.1. The first-order chi connectivity index (χ1) is 10.5. The zero-order valence-electron chi connectivity index (χ0n) is 13.6. The largest absolute Gasteiger partial charge is 0.495 e. The van der Waals surface area contributed by atoms with E-state index >= 15 is 0 Å². The second-order valence-electron chi connectivity index (χ2n) is 5.14. The third-order valence-corrected chi connectivity index (χ3v) is 3.32. The number of benzene rings is 1. The fourth-order valence-electron chi connectivity index (χ4n) is 2.30. The van der Waals surface area contributed by atoms with Crippen LogP contribution in [-0.2, 0) is 0 Å². The number of fused-ring (bicyclic) bond motifs is 1. The maximum atomic E-state index is 12.1. The molecule has 6 heteroatoms. The lowest BCUT2D eigenvalue weighted by Gasteiger charge is -2.18. The zero-order valence-corrected chi connectivity index (χ0v) is 13.6. The maximum absolute atomic E-state index is 12.1. The molecule has 0 aliphatic carbocycles. The highest BCUT2D eigenvalue weighted by Crippen LogP contribution is 2.46. The van der Waals surface area contributed by atoms with Crippen LogP contribution < -0.4 is 14.2 Å². The monoisotopic (exact) mass is 307 g/mol. The minimum absolute atomic E-state index is 0.155. The van der Waals surface area contributed by atoms with Gasteiger partial charge in [-0.1, -0.05) is 0 Å². The molecule has 0 fully saturated rings. The Labute approximate surface area is 129 Å². The van der Waals surface area contributed by atoms with E-state index in [-0.39, 0.29) is 5.78 Å². The van der Waals surface area contributed by atoms with Gasteiger partial charge >= 0.3 is 0 Å². The van der Waals surface area contributed by atoms with Gasteiger partial charge in [0.25, 0.3) is 0 Å². The number of carbonyl (C=O) groups excluding carboxylic acids is 1. The fourth-order valence-corrected chi connectivity index (χ4v) is 2.30. The molecule has 0 N–H and O–H groups in total. The van der Waals surface area contributed by atoms with Gasteiger partial charge < -0.3 is 23.5 Å². The molecule has 2 rings (SSSR count). The summed E-state index contributed by atoms with van der Waals surface area (Å²) >= 11 is 0. The van der Waals surface area contributed by atoms with Crippen LogP contribution in [0.1, 0.15) is 17.3 Å². The molecule has 1 aromatic carbocycles. The van der Waals surface area contributed by atoms with Crippen LogP contribution in [0.2, 0.25) is 0 Å². The molecular weight excluding hydrogens is 286 g/mol. The highest BCUT2D eigenvalue weighted by molar-refractivity contribution is 6.08. The Morgan fingerprint density at radius 3 is 2.41 bits per heavy atom. The Bertz CT molecular complexity index is 675. The van der Waals surface area contributed by atoms with Crippen LogP contribution in [0, 0.1) is 0 Å². The lowest BCUT2D eigenvalue weighted by atomic mass is 10.0. The fraction of sp³-hybridized carbons (Fsp3) is 0.438. The standard InChI is InChI=1S/C16H21NO5/c1-10(18)12-13(19-4)11-6-8-21-14(11)16(20-5)15(12)22-9-7-17(2)3/h6,8H,7,9H2,1-5H3. The van der Waals surface area contributed by atoms with Crippen LogP contribution in [-0.4, -0.2) is 52.1 Å². The molecule has 0 atom stereocenters. The third kappa shape index (κ3) is 2.87. The number of rotatable bonds is 7. The van der Waals surface area contributed by atoms with Crippen LogP contribution in [0.25, 0.3) is 11.0 Å². The first kappa shape index (κ1) is 16.2. The van der Waals surface area contributed by atoms with Gasteiger partial charge in [0.1, 0.15) is 17.9 Å². The number of likely N-dealkylation sites (N-methyl/N-ethyl adjacent to an activating group) is 1. The molecule has 0 unspecified atom stereocenters. The molecule has 1 heterocycles. The van der Waals surface area contributed by atoms with E-state index in [4.69, 9.17) is 18.6 Å². The summed E-state index contributed by atoms with van der Waals surface area (Å²) in [5.74, 6) is 1.05. The van der Waals surface area contributed by atoms with Gasteiger partial charge in [0.15, 0.2) is 17.1 Å². The Hall–Kier alpha value is -2.21. The van der Waals surface area contributed by atoms with Crippen molar-refractivity contribution in [3.8, 4) is 17.2 Å². The van der Waals surface area contributed by atoms with Crippen molar-refractivity contribution < 1.29 is 23.4 Å². The summed E-state index contributed by atoms with van der Waals surface area (Å²) in [6.07, 6.45) is 1.53. The second-order valence-corrected chi connectivity index (χ2v) is 5.14. The summed E-state index contributed by atoms with van der Waals surface area (Å²) in [5.41, 5.74) is 0.871. The van der Waals surface area contributed by atoms with Gasteiger partial charge in [-0.3, -0.25) is 4.79 Å². The van der Waals surface area contributed by atoms with Crippen molar-refractivity contribution in [1.82, 2.24) is 4.90 Å². The number of Topliss-reactive ketones (excluding diaryl/α,β-unsaturated/α-hetero) is 1. The number of carbonyl (C=O) groups is 1. The van der Waals surface area contributed by atoms with Gasteiger partial charge in [-0.05, 0) is 27.1 Å². The number of furan rings is 1. The van der Waals surface area contributed by atoms with Gasteiger partial charge in [-0.15, -0.1) is 0 Å². The topological polar surface area (TPSA) is 61.1 Å². The van der Waals surface area contributed by atoms with E-state index in [0.29, 0.717) is 46.9 Å². The van der Waals surface area contributed by atoms with E-state index in [1.54, 1.807) is 6.07 Å². The lowest BCUT2D eigenvalue weighted by Crippen LogP contribution is -2.20. The predicted molar refractivity (Wildman–Crippen MR) is 83.4 cm³/mol. The van der Waals surface area contributed by atoms with Crippen molar-refractivity contribution in [3.63, 3.8) is 0 Å². The van der Waals surface area contributed by atoms with Crippen molar-refractivity contribution in [2.24, 2.45) is 0 Å². The summed E-state index contributed by atoms with van der Waals surface area (Å²) in [5, 5.41) is 0.685. The van der Waals surface area contributed by atoms with Gasteiger partial charge in [0.2, 0.25) is 5.75 Å². The molecular formula is C16H21NO5. The van der Waals surface area contributed by atoms with Gasteiger partial charge in [0, 0.05) is 6.54 Å². The summed E-state index contributed by atoms with van der Waals surface area (Å²) in [4.78, 5) is 14.1. The minimum atomic E-state index is -0.155. The second kappa shape index (κ2) is 6.70. The molecule has 2 aromatic rings. The number of hydrogen-bond acceptors (Lipinski definition) is 6. The van der Waals surface area contributed by atoms with Crippen LogP contribution in [0.5, 0.6) is 17.2 Å². The molecule has 0 amide bonds. The van der Waals surface area contributed by atoms with Crippen molar-refractivity contribution in [2.45, 2.75) is 6.92 Å². The first-order valence-electron chi connectivity index (χ1n) is 6.94. The number of hydrogen-bond donors (Lipinski definition) is 0. The molecule has 0 aliphatic heterocycles. The van der Waals surface area contributed by atoms with Crippen molar-refractivity contribution in [2.75, 3.05) is 41.5 Å². The van der Waals surface area contributed by atoms with Crippen molar-refractivity contribution in [3.05, 3.63) is 17.9 Å². The Kier molecular flexibility index (Phi) is 4.92. The smallest absolute Gasteiger partial charge is 0.205 e. The van der Waals surface area contributed by atoms with Crippen LogP contribution >= 0.6 is 0 Å². The molecule has 6 nitrogen and oxygen atoms in total. The first-order valence-corrected chi connectivity index (χ1v) is 6.94. The molecule has 0 saturated heterocycles. The van der Waals surface area contributed by atoms with Gasteiger partial charge in [0.05, 0.1) is 25.9 Å². The Morgan fingerprint density at radius 2 is 1.86 bits per heavy atom. The highest BCUT2D eigenvalue weighted by Gasteiger charge is 2.27. The van der Waals surface area contributed by atoms with E-state index in [9.17, 15) is 4.79 Å². The van der Waals surface area contributed by atoms with E-state index in [0.717, 1.165) is 0 Å². The third-order valence-electron chi connectivity index (χ3n) is 3.32. The van der Waals surface area contributed by atoms with Crippen LogP contribution in [0.15, 0.2) is 16.7 Å². The predicted octanol–water partition coefficient (Wildman–Crippen LogP) is 2.59. The minimum Gasteiger partial charge on any atom is -0.495 e. The van der Waals surface area contributed by atoms with Crippen molar-refractivity contribution >= 4 is 16.8 Å². The van der Waals surface area contributed by atoms with Crippen LogP contribution in [0.3, 0.4) is 0 Å². The number of ketones is 1. The molecule has 22 heavy (non-hydrogen) atoms. The molecule has 1 aromatic heterocycles. The molecule has 0 radical (unpaired) electrons.